The number of carbonyl (C=O) groups is 1. The first-order chi connectivity index (χ1) is 7.49. The van der Waals surface area contributed by atoms with Gasteiger partial charge in [-0.2, -0.15) is 0 Å². The van der Waals surface area contributed by atoms with Crippen LogP contribution in [0.3, 0.4) is 0 Å². The van der Waals surface area contributed by atoms with Crippen molar-refractivity contribution >= 4 is 6.03 Å². The van der Waals surface area contributed by atoms with Gasteiger partial charge in [0.2, 0.25) is 0 Å². The number of nitrogens with zero attached hydrogens (tertiary/aromatic N) is 1. The molecule has 0 aliphatic carbocycles. The Labute approximate surface area is 99.6 Å². The predicted octanol–water partition coefficient (Wildman–Crippen LogP) is 3.01. The fraction of sp³-hybridized carbons (Fsp3) is 0.923. The monoisotopic (exact) mass is 226 g/mol. The Balaban J connectivity index is 2.23. The smallest absolute Gasteiger partial charge is 0.317 e. The second-order valence-corrected chi connectivity index (χ2v) is 5.94. The lowest BCUT2D eigenvalue weighted by atomic mass is 9.92. The van der Waals surface area contributed by atoms with E-state index >= 15 is 0 Å². The molecule has 1 heterocycles. The zero-order valence-electron chi connectivity index (χ0n) is 11.0. The van der Waals surface area contributed by atoms with Gasteiger partial charge in [0.1, 0.15) is 0 Å². The Morgan fingerprint density at radius 2 is 1.69 bits per heavy atom. The lowest BCUT2D eigenvalue weighted by molar-refractivity contribution is 0.198. The third-order valence-electron chi connectivity index (χ3n) is 3.04. The van der Waals surface area contributed by atoms with E-state index in [0.29, 0.717) is 5.41 Å². The molecule has 0 aromatic heterocycles. The van der Waals surface area contributed by atoms with Crippen molar-refractivity contribution in [2.75, 3.05) is 19.6 Å². The Bertz CT molecular complexity index is 212. The van der Waals surface area contributed by atoms with E-state index in [2.05, 4.69) is 26.1 Å². The number of hydrogen-bond acceptors (Lipinski definition) is 1. The summed E-state index contributed by atoms with van der Waals surface area (Å²) >= 11 is 0. The van der Waals surface area contributed by atoms with Crippen molar-refractivity contribution < 1.29 is 4.79 Å². The molecule has 1 aliphatic heterocycles. The second-order valence-electron chi connectivity index (χ2n) is 5.94. The summed E-state index contributed by atoms with van der Waals surface area (Å²) in [4.78, 5) is 13.8. The normalized spacial score (nSPS) is 18.1. The largest absolute Gasteiger partial charge is 0.338 e. The number of nitrogens with one attached hydrogen (secondary N) is 1. The number of likely N-dealkylation sites (tertiary alicyclic amines) is 1. The van der Waals surface area contributed by atoms with Crippen molar-refractivity contribution in [2.24, 2.45) is 5.41 Å². The molecule has 3 heteroatoms. The molecule has 1 rings (SSSR count). The average Bonchev–Trinajstić information content (AvgIpc) is 2.43. The minimum atomic E-state index is 0.131. The molecule has 1 fully saturated rings. The third kappa shape index (κ3) is 5.38. The number of hydrogen-bond donors (Lipinski definition) is 1. The van der Waals surface area contributed by atoms with E-state index in [1.165, 1.54) is 12.8 Å². The maximum Gasteiger partial charge on any atom is 0.317 e. The maximum absolute atomic E-state index is 11.9. The molecule has 1 aliphatic rings. The van der Waals surface area contributed by atoms with Crippen molar-refractivity contribution in [1.29, 1.82) is 0 Å². The van der Waals surface area contributed by atoms with Crippen molar-refractivity contribution in [1.82, 2.24) is 10.2 Å². The van der Waals surface area contributed by atoms with Crippen LogP contribution in [0.5, 0.6) is 0 Å². The lowest BCUT2D eigenvalue weighted by Gasteiger charge is -2.23. The Morgan fingerprint density at radius 3 is 2.19 bits per heavy atom. The molecule has 0 saturated carbocycles. The van der Waals surface area contributed by atoms with Crippen LogP contribution >= 0.6 is 0 Å². The van der Waals surface area contributed by atoms with E-state index in [-0.39, 0.29) is 6.03 Å². The number of urea groups is 1. The first kappa shape index (κ1) is 13.3. The molecule has 16 heavy (non-hydrogen) atoms. The Kier molecular flexibility index (Phi) is 5.10. The molecule has 1 saturated heterocycles. The molecule has 1 N–H and O–H groups in total. The van der Waals surface area contributed by atoms with Crippen LogP contribution in [-0.4, -0.2) is 30.6 Å². The predicted molar refractivity (Wildman–Crippen MR) is 67.5 cm³/mol. The average molecular weight is 226 g/mol. The Morgan fingerprint density at radius 1 is 1.12 bits per heavy atom. The highest BCUT2D eigenvalue weighted by atomic mass is 16.2. The maximum atomic E-state index is 11.9. The van der Waals surface area contributed by atoms with Gasteiger partial charge in [0.25, 0.3) is 0 Å². The van der Waals surface area contributed by atoms with E-state index < -0.39 is 0 Å². The molecule has 0 radical (unpaired) electrons. The van der Waals surface area contributed by atoms with Crippen molar-refractivity contribution in [2.45, 2.75) is 52.9 Å². The van der Waals surface area contributed by atoms with Crippen LogP contribution in [-0.2, 0) is 0 Å². The quantitative estimate of drug-likeness (QED) is 0.771. The minimum Gasteiger partial charge on any atom is -0.338 e. The fourth-order valence-corrected chi connectivity index (χ4v) is 1.93. The van der Waals surface area contributed by atoms with Gasteiger partial charge in [-0.05, 0) is 24.7 Å². The van der Waals surface area contributed by atoms with Gasteiger partial charge in [-0.3, -0.25) is 0 Å². The van der Waals surface area contributed by atoms with Gasteiger partial charge in [-0.15, -0.1) is 0 Å². The van der Waals surface area contributed by atoms with Gasteiger partial charge in [0.05, 0.1) is 0 Å². The lowest BCUT2D eigenvalue weighted by Crippen LogP contribution is -2.41. The van der Waals surface area contributed by atoms with Crippen LogP contribution in [0, 0.1) is 5.41 Å². The summed E-state index contributed by atoms with van der Waals surface area (Å²) in [5.41, 5.74) is 0.298. The van der Waals surface area contributed by atoms with Gasteiger partial charge in [-0.1, -0.05) is 33.6 Å². The van der Waals surface area contributed by atoms with E-state index in [0.717, 1.165) is 38.9 Å². The molecule has 3 nitrogen and oxygen atoms in total. The standard InChI is InChI=1S/C13H26N2O/c1-13(2,3)8-9-14-12(16)15-10-6-4-5-7-11-15/h4-11H2,1-3H3,(H,14,16). The van der Waals surface area contributed by atoms with E-state index in [1.807, 2.05) is 4.90 Å². The van der Waals surface area contributed by atoms with Crippen molar-refractivity contribution in [3.8, 4) is 0 Å². The van der Waals surface area contributed by atoms with Crippen LogP contribution in [0.4, 0.5) is 4.79 Å². The van der Waals surface area contributed by atoms with Gasteiger partial charge < -0.3 is 10.2 Å². The summed E-state index contributed by atoms with van der Waals surface area (Å²) < 4.78 is 0. The summed E-state index contributed by atoms with van der Waals surface area (Å²) in [5, 5.41) is 3.02. The first-order valence-electron chi connectivity index (χ1n) is 6.52. The minimum absolute atomic E-state index is 0.131. The summed E-state index contributed by atoms with van der Waals surface area (Å²) in [5.74, 6) is 0. The summed E-state index contributed by atoms with van der Waals surface area (Å²) in [7, 11) is 0. The SMILES string of the molecule is CC(C)(C)CCNC(=O)N1CCCCCC1. The molecule has 0 spiro atoms. The highest BCUT2D eigenvalue weighted by molar-refractivity contribution is 5.74. The highest BCUT2D eigenvalue weighted by Gasteiger charge is 2.16. The summed E-state index contributed by atoms with van der Waals surface area (Å²) in [6.45, 7) is 9.25. The van der Waals surface area contributed by atoms with Gasteiger partial charge in [-0.25, -0.2) is 4.79 Å². The summed E-state index contributed by atoms with van der Waals surface area (Å²) in [6, 6.07) is 0.131. The number of amides is 2. The Hall–Kier alpha value is -0.730. The van der Waals surface area contributed by atoms with Crippen LogP contribution in [0.15, 0.2) is 0 Å². The molecule has 0 atom stereocenters. The number of rotatable bonds is 2. The zero-order chi connectivity index (χ0) is 12.0. The topological polar surface area (TPSA) is 32.3 Å². The second kappa shape index (κ2) is 6.12. The fourth-order valence-electron chi connectivity index (χ4n) is 1.93. The summed E-state index contributed by atoms with van der Waals surface area (Å²) in [6.07, 6.45) is 5.89. The van der Waals surface area contributed by atoms with Gasteiger partial charge >= 0.3 is 6.03 Å². The van der Waals surface area contributed by atoms with Crippen LogP contribution in [0.25, 0.3) is 0 Å². The van der Waals surface area contributed by atoms with Crippen molar-refractivity contribution in [3.63, 3.8) is 0 Å². The van der Waals surface area contributed by atoms with Gasteiger partial charge in [0.15, 0.2) is 0 Å². The molecule has 0 aromatic carbocycles. The molecule has 0 unspecified atom stereocenters. The highest BCUT2D eigenvalue weighted by Crippen LogP contribution is 2.17. The van der Waals surface area contributed by atoms with Crippen molar-refractivity contribution in [3.05, 3.63) is 0 Å². The third-order valence-corrected chi connectivity index (χ3v) is 3.04. The molecular formula is C13H26N2O. The molecular weight excluding hydrogens is 200 g/mol. The van der Waals surface area contributed by atoms with E-state index in [1.54, 1.807) is 0 Å². The first-order valence-corrected chi connectivity index (χ1v) is 6.52. The van der Waals surface area contributed by atoms with Crippen LogP contribution < -0.4 is 5.32 Å². The van der Waals surface area contributed by atoms with E-state index in [4.69, 9.17) is 0 Å². The number of carbonyl (C=O) groups excluding carboxylic acids is 1. The molecule has 0 bridgehead atoms. The van der Waals surface area contributed by atoms with E-state index in [9.17, 15) is 4.79 Å². The van der Waals surface area contributed by atoms with Gasteiger partial charge in [0, 0.05) is 19.6 Å². The van der Waals surface area contributed by atoms with Crippen LogP contribution in [0.2, 0.25) is 0 Å². The zero-order valence-corrected chi connectivity index (χ0v) is 11.0. The molecule has 2 amide bonds. The van der Waals surface area contributed by atoms with Crippen LogP contribution in [0.1, 0.15) is 52.9 Å². The molecule has 94 valence electrons. The molecule has 0 aromatic rings.